The normalized spacial score (nSPS) is 30.5. The molecule has 2 heteroatoms. The van der Waals surface area contributed by atoms with Crippen molar-refractivity contribution in [1.29, 1.82) is 0 Å². The molecule has 1 aliphatic heterocycles. The first-order valence-electron chi connectivity index (χ1n) is 8.42. The minimum Gasteiger partial charge on any atom is -0.313 e. The predicted molar refractivity (Wildman–Crippen MR) is 84.9 cm³/mol. The first-order valence-corrected chi connectivity index (χ1v) is 8.42. The molecule has 0 amide bonds. The Morgan fingerprint density at radius 3 is 2.65 bits per heavy atom. The lowest BCUT2D eigenvalue weighted by molar-refractivity contribution is 0.255. The number of hydrogen-bond donors (Lipinski definition) is 2. The molecule has 1 heterocycles. The molecule has 1 aromatic rings. The molecule has 3 atom stereocenters. The molecule has 1 aromatic carbocycles. The summed E-state index contributed by atoms with van der Waals surface area (Å²) in [6.07, 6.45) is 9.53. The molecule has 2 fully saturated rings. The second kappa shape index (κ2) is 7.24. The van der Waals surface area contributed by atoms with Crippen molar-refractivity contribution < 1.29 is 0 Å². The van der Waals surface area contributed by atoms with E-state index in [2.05, 4.69) is 41.0 Å². The number of hydrogen-bond acceptors (Lipinski definition) is 2. The third-order valence-corrected chi connectivity index (χ3v) is 5.04. The van der Waals surface area contributed by atoms with Crippen LogP contribution < -0.4 is 10.6 Å². The number of rotatable bonds is 5. The number of benzene rings is 1. The van der Waals surface area contributed by atoms with Crippen LogP contribution in [0, 0.1) is 5.92 Å². The Kier molecular flexibility index (Phi) is 5.10. The van der Waals surface area contributed by atoms with Gasteiger partial charge < -0.3 is 10.6 Å². The summed E-state index contributed by atoms with van der Waals surface area (Å²) in [5.41, 5.74) is 1.50. The fourth-order valence-electron chi connectivity index (χ4n) is 3.86. The average Bonchev–Trinajstić information content (AvgIpc) is 3.01. The van der Waals surface area contributed by atoms with Crippen LogP contribution in [0.2, 0.25) is 0 Å². The molecular formula is C18H28N2. The van der Waals surface area contributed by atoms with Gasteiger partial charge in [0.1, 0.15) is 0 Å². The van der Waals surface area contributed by atoms with Crippen molar-refractivity contribution in [2.75, 3.05) is 13.1 Å². The maximum absolute atomic E-state index is 3.87. The highest BCUT2D eigenvalue weighted by Gasteiger charge is 2.26. The highest BCUT2D eigenvalue weighted by atomic mass is 15.0. The molecule has 0 spiro atoms. The van der Waals surface area contributed by atoms with Gasteiger partial charge in [0.25, 0.3) is 0 Å². The zero-order chi connectivity index (χ0) is 13.6. The third kappa shape index (κ3) is 3.83. The maximum atomic E-state index is 3.87. The summed E-state index contributed by atoms with van der Waals surface area (Å²) >= 11 is 0. The molecule has 20 heavy (non-hydrogen) atoms. The van der Waals surface area contributed by atoms with Crippen molar-refractivity contribution in [3.8, 4) is 0 Å². The highest BCUT2D eigenvalue weighted by Crippen LogP contribution is 2.27. The largest absolute Gasteiger partial charge is 0.313 e. The molecule has 3 unspecified atom stereocenters. The summed E-state index contributed by atoms with van der Waals surface area (Å²) in [6.45, 7) is 2.38. The highest BCUT2D eigenvalue weighted by molar-refractivity contribution is 5.15. The van der Waals surface area contributed by atoms with Gasteiger partial charge in [0, 0.05) is 18.6 Å². The van der Waals surface area contributed by atoms with E-state index >= 15 is 0 Å². The van der Waals surface area contributed by atoms with Gasteiger partial charge in [0.05, 0.1) is 0 Å². The van der Waals surface area contributed by atoms with E-state index in [4.69, 9.17) is 0 Å². The van der Waals surface area contributed by atoms with E-state index in [0.717, 1.165) is 18.5 Å². The molecule has 1 aliphatic carbocycles. The molecule has 0 radical (unpaired) electrons. The van der Waals surface area contributed by atoms with E-state index in [1.54, 1.807) is 0 Å². The van der Waals surface area contributed by atoms with Crippen LogP contribution in [0.25, 0.3) is 0 Å². The van der Waals surface area contributed by atoms with Gasteiger partial charge in [-0.1, -0.05) is 43.2 Å². The molecule has 3 rings (SSSR count). The predicted octanol–water partition coefficient (Wildman–Crippen LogP) is 3.13. The smallest absolute Gasteiger partial charge is 0.0193 e. The summed E-state index contributed by atoms with van der Waals surface area (Å²) in [6, 6.07) is 12.5. The van der Waals surface area contributed by atoms with Crippen molar-refractivity contribution in [1.82, 2.24) is 10.6 Å². The van der Waals surface area contributed by atoms with Crippen LogP contribution in [0.5, 0.6) is 0 Å². The standard InChI is InChI=1S/C18H28N2/c1-2-7-15(8-3-1)13-16-9-4-5-11-18(16)20-14-17-10-6-12-19-17/h1-3,7-8,16-20H,4-6,9-14H2. The van der Waals surface area contributed by atoms with Crippen LogP contribution in [0.4, 0.5) is 0 Å². The van der Waals surface area contributed by atoms with Crippen LogP contribution >= 0.6 is 0 Å². The van der Waals surface area contributed by atoms with Crippen LogP contribution in [0.15, 0.2) is 30.3 Å². The molecule has 110 valence electrons. The van der Waals surface area contributed by atoms with E-state index in [1.165, 1.54) is 57.1 Å². The maximum Gasteiger partial charge on any atom is 0.0193 e. The molecule has 0 aromatic heterocycles. The lowest BCUT2D eigenvalue weighted by Gasteiger charge is -2.33. The zero-order valence-electron chi connectivity index (χ0n) is 12.5. The zero-order valence-corrected chi connectivity index (χ0v) is 12.5. The summed E-state index contributed by atoms with van der Waals surface area (Å²) in [5.74, 6) is 0.826. The Morgan fingerprint density at radius 2 is 1.85 bits per heavy atom. The van der Waals surface area contributed by atoms with Crippen molar-refractivity contribution in [2.45, 2.75) is 57.0 Å². The van der Waals surface area contributed by atoms with E-state index in [1.807, 2.05) is 0 Å². The third-order valence-electron chi connectivity index (χ3n) is 5.04. The van der Waals surface area contributed by atoms with Gasteiger partial charge >= 0.3 is 0 Å². The minimum atomic E-state index is 0.717. The van der Waals surface area contributed by atoms with Crippen LogP contribution in [0.1, 0.15) is 44.1 Å². The Bertz CT molecular complexity index is 384. The first-order chi connectivity index (χ1) is 9.92. The summed E-state index contributed by atoms with van der Waals surface area (Å²) in [4.78, 5) is 0. The van der Waals surface area contributed by atoms with Crippen LogP contribution in [-0.2, 0) is 6.42 Å². The van der Waals surface area contributed by atoms with E-state index in [0.29, 0.717) is 6.04 Å². The quantitative estimate of drug-likeness (QED) is 0.860. The summed E-state index contributed by atoms with van der Waals surface area (Å²) in [5, 5.41) is 7.47. The van der Waals surface area contributed by atoms with Gasteiger partial charge in [-0.3, -0.25) is 0 Å². The first kappa shape index (κ1) is 14.1. The van der Waals surface area contributed by atoms with Gasteiger partial charge in [-0.05, 0) is 50.1 Å². The van der Waals surface area contributed by atoms with E-state index in [9.17, 15) is 0 Å². The molecule has 0 bridgehead atoms. The van der Waals surface area contributed by atoms with Crippen LogP contribution in [0.3, 0.4) is 0 Å². The minimum absolute atomic E-state index is 0.717. The Morgan fingerprint density at radius 1 is 1.00 bits per heavy atom. The topological polar surface area (TPSA) is 24.1 Å². The Balaban J connectivity index is 1.53. The Labute approximate surface area is 123 Å². The lowest BCUT2D eigenvalue weighted by Crippen LogP contribution is -2.44. The molecule has 2 N–H and O–H groups in total. The molecule has 2 nitrogen and oxygen atoms in total. The van der Waals surface area contributed by atoms with Gasteiger partial charge in [-0.2, -0.15) is 0 Å². The SMILES string of the molecule is c1ccc(CC2CCCCC2NCC2CCCN2)cc1. The van der Waals surface area contributed by atoms with Gasteiger partial charge in [0.2, 0.25) is 0 Å². The Hall–Kier alpha value is -0.860. The fourth-order valence-corrected chi connectivity index (χ4v) is 3.86. The second-order valence-corrected chi connectivity index (χ2v) is 6.54. The average molecular weight is 272 g/mol. The van der Waals surface area contributed by atoms with Gasteiger partial charge in [-0.25, -0.2) is 0 Å². The summed E-state index contributed by atoms with van der Waals surface area (Å²) < 4.78 is 0. The lowest BCUT2D eigenvalue weighted by atomic mass is 9.80. The van der Waals surface area contributed by atoms with Gasteiger partial charge in [-0.15, -0.1) is 0 Å². The number of nitrogens with one attached hydrogen (secondary N) is 2. The van der Waals surface area contributed by atoms with Crippen molar-refractivity contribution in [3.05, 3.63) is 35.9 Å². The van der Waals surface area contributed by atoms with Crippen LogP contribution in [-0.4, -0.2) is 25.2 Å². The monoisotopic (exact) mass is 272 g/mol. The molecular weight excluding hydrogens is 244 g/mol. The van der Waals surface area contributed by atoms with Crippen molar-refractivity contribution in [3.63, 3.8) is 0 Å². The van der Waals surface area contributed by atoms with Crippen molar-refractivity contribution in [2.24, 2.45) is 5.92 Å². The molecule has 2 aliphatic rings. The van der Waals surface area contributed by atoms with E-state index in [-0.39, 0.29) is 0 Å². The molecule has 1 saturated heterocycles. The fraction of sp³-hybridized carbons (Fsp3) is 0.667. The summed E-state index contributed by atoms with van der Waals surface area (Å²) in [7, 11) is 0. The second-order valence-electron chi connectivity index (χ2n) is 6.54. The van der Waals surface area contributed by atoms with E-state index < -0.39 is 0 Å². The van der Waals surface area contributed by atoms with Crippen molar-refractivity contribution >= 4 is 0 Å². The van der Waals surface area contributed by atoms with Gasteiger partial charge in [0.15, 0.2) is 0 Å². The molecule has 1 saturated carbocycles.